The molecule has 0 aliphatic rings. The van der Waals surface area contributed by atoms with Crippen molar-refractivity contribution in [3.05, 3.63) is 53.2 Å². The van der Waals surface area contributed by atoms with Crippen LogP contribution in [0.15, 0.2) is 52.5 Å². The largest absolute Gasteiger partial charge is 0.310 e. The highest BCUT2D eigenvalue weighted by Crippen LogP contribution is 2.32. The molecule has 1 aromatic carbocycles. The predicted molar refractivity (Wildman–Crippen MR) is 81.9 cm³/mol. The van der Waals surface area contributed by atoms with Crippen LogP contribution >= 0.6 is 23.4 Å². The molecule has 1 aromatic heterocycles. The zero-order valence-corrected chi connectivity index (χ0v) is 12.6. The minimum atomic E-state index is 0.334. The Hall–Kier alpha value is -1.03. The van der Waals surface area contributed by atoms with E-state index in [9.17, 15) is 0 Å². The molecule has 0 aliphatic heterocycles. The summed E-state index contributed by atoms with van der Waals surface area (Å²) in [7, 11) is 0. The van der Waals surface area contributed by atoms with Crippen LogP contribution < -0.4 is 5.32 Å². The minimum Gasteiger partial charge on any atom is -0.310 e. The van der Waals surface area contributed by atoms with Gasteiger partial charge in [-0.1, -0.05) is 48.5 Å². The number of aromatic nitrogens is 1. The Balaban J connectivity index is 2.22. The Labute approximate surface area is 123 Å². The van der Waals surface area contributed by atoms with E-state index < -0.39 is 0 Å². The van der Waals surface area contributed by atoms with E-state index in [0.29, 0.717) is 11.1 Å². The van der Waals surface area contributed by atoms with Crippen LogP contribution in [-0.2, 0) is 0 Å². The number of benzene rings is 1. The third-order valence-electron chi connectivity index (χ3n) is 2.81. The summed E-state index contributed by atoms with van der Waals surface area (Å²) < 4.78 is 0. The van der Waals surface area contributed by atoms with Crippen LogP contribution in [0.5, 0.6) is 0 Å². The van der Waals surface area contributed by atoms with Gasteiger partial charge in [0.1, 0.15) is 5.03 Å². The second-order valence-corrected chi connectivity index (χ2v) is 5.73. The standard InChI is InChI=1S/C15H17ClN2S/c1-3-17-11(2)13-6-4-5-7-14(13)19-15-9-8-12(16)10-18-15/h4-11,17H,3H2,1-2H3. The van der Waals surface area contributed by atoms with Gasteiger partial charge in [-0.2, -0.15) is 0 Å². The van der Waals surface area contributed by atoms with Crippen molar-refractivity contribution in [2.75, 3.05) is 6.54 Å². The van der Waals surface area contributed by atoms with Crippen molar-refractivity contribution < 1.29 is 0 Å². The van der Waals surface area contributed by atoms with E-state index >= 15 is 0 Å². The normalized spacial score (nSPS) is 12.4. The summed E-state index contributed by atoms with van der Waals surface area (Å²) in [6.45, 7) is 5.25. The first kappa shape index (κ1) is 14.4. The van der Waals surface area contributed by atoms with Gasteiger partial charge in [-0.05, 0) is 37.2 Å². The lowest BCUT2D eigenvalue weighted by Gasteiger charge is -2.16. The number of halogens is 1. The van der Waals surface area contributed by atoms with Crippen molar-refractivity contribution in [1.29, 1.82) is 0 Å². The fourth-order valence-electron chi connectivity index (χ4n) is 1.88. The number of nitrogens with zero attached hydrogens (tertiary/aromatic N) is 1. The molecule has 0 saturated carbocycles. The van der Waals surface area contributed by atoms with E-state index in [1.165, 1.54) is 10.5 Å². The first-order valence-electron chi connectivity index (χ1n) is 6.32. The molecule has 4 heteroatoms. The van der Waals surface area contributed by atoms with Crippen LogP contribution in [0.25, 0.3) is 0 Å². The van der Waals surface area contributed by atoms with Gasteiger partial charge in [-0.15, -0.1) is 0 Å². The monoisotopic (exact) mass is 292 g/mol. The third kappa shape index (κ3) is 3.96. The molecule has 2 nitrogen and oxygen atoms in total. The Morgan fingerprint density at radius 2 is 2.05 bits per heavy atom. The molecule has 0 fully saturated rings. The summed E-state index contributed by atoms with van der Waals surface area (Å²) in [6, 6.07) is 12.6. The first-order chi connectivity index (χ1) is 9.20. The predicted octanol–water partition coefficient (Wildman–Crippen LogP) is 4.56. The smallest absolute Gasteiger partial charge is 0.101 e. The van der Waals surface area contributed by atoms with Crippen molar-refractivity contribution in [2.24, 2.45) is 0 Å². The lowest BCUT2D eigenvalue weighted by molar-refractivity contribution is 0.590. The quantitative estimate of drug-likeness (QED) is 0.874. The topological polar surface area (TPSA) is 24.9 Å². The SMILES string of the molecule is CCNC(C)c1ccccc1Sc1ccc(Cl)cn1. The van der Waals surface area contributed by atoms with Crippen LogP contribution in [0.3, 0.4) is 0 Å². The van der Waals surface area contributed by atoms with Crippen LogP contribution in [0.2, 0.25) is 5.02 Å². The molecule has 0 aliphatic carbocycles. The number of rotatable bonds is 5. The second kappa shape index (κ2) is 6.94. The highest BCUT2D eigenvalue weighted by Gasteiger charge is 2.10. The maximum Gasteiger partial charge on any atom is 0.101 e. The highest BCUT2D eigenvalue weighted by atomic mass is 35.5. The van der Waals surface area contributed by atoms with Gasteiger partial charge in [0.2, 0.25) is 0 Å². The Morgan fingerprint density at radius 3 is 2.74 bits per heavy atom. The van der Waals surface area contributed by atoms with Crippen LogP contribution in [0.1, 0.15) is 25.5 Å². The van der Waals surface area contributed by atoms with Crippen molar-refractivity contribution in [2.45, 2.75) is 29.8 Å². The van der Waals surface area contributed by atoms with E-state index in [4.69, 9.17) is 11.6 Å². The molecule has 0 saturated heterocycles. The zero-order chi connectivity index (χ0) is 13.7. The summed E-state index contributed by atoms with van der Waals surface area (Å²) >= 11 is 7.52. The van der Waals surface area contributed by atoms with Gasteiger partial charge in [0.05, 0.1) is 5.02 Å². The fourth-order valence-corrected chi connectivity index (χ4v) is 2.97. The van der Waals surface area contributed by atoms with Crippen LogP contribution in [0.4, 0.5) is 0 Å². The summed E-state index contributed by atoms with van der Waals surface area (Å²) in [6.07, 6.45) is 1.68. The molecule has 2 rings (SSSR count). The van der Waals surface area contributed by atoms with Crippen molar-refractivity contribution >= 4 is 23.4 Å². The number of nitrogens with one attached hydrogen (secondary N) is 1. The van der Waals surface area contributed by atoms with E-state index in [0.717, 1.165) is 11.6 Å². The molecule has 19 heavy (non-hydrogen) atoms. The number of hydrogen-bond donors (Lipinski definition) is 1. The van der Waals surface area contributed by atoms with Crippen molar-refractivity contribution in [3.8, 4) is 0 Å². The lowest BCUT2D eigenvalue weighted by Crippen LogP contribution is -2.18. The lowest BCUT2D eigenvalue weighted by atomic mass is 10.1. The van der Waals surface area contributed by atoms with E-state index in [-0.39, 0.29) is 0 Å². The van der Waals surface area contributed by atoms with Crippen LogP contribution in [-0.4, -0.2) is 11.5 Å². The Morgan fingerprint density at radius 1 is 1.26 bits per heavy atom. The molecule has 1 heterocycles. The van der Waals surface area contributed by atoms with Gasteiger partial charge in [0.25, 0.3) is 0 Å². The highest BCUT2D eigenvalue weighted by molar-refractivity contribution is 7.99. The summed E-state index contributed by atoms with van der Waals surface area (Å²) in [4.78, 5) is 5.56. The summed E-state index contributed by atoms with van der Waals surface area (Å²) in [5.74, 6) is 0. The molecule has 0 radical (unpaired) electrons. The van der Waals surface area contributed by atoms with E-state index in [1.807, 2.05) is 12.1 Å². The average Bonchev–Trinajstić information content (AvgIpc) is 2.42. The number of hydrogen-bond acceptors (Lipinski definition) is 3. The Bertz CT molecular complexity index is 528. The van der Waals surface area contributed by atoms with Gasteiger partial charge >= 0.3 is 0 Å². The zero-order valence-electron chi connectivity index (χ0n) is 11.1. The second-order valence-electron chi connectivity index (χ2n) is 4.23. The maximum absolute atomic E-state index is 5.86. The fraction of sp³-hybridized carbons (Fsp3) is 0.267. The third-order valence-corrected chi connectivity index (χ3v) is 4.08. The van der Waals surface area contributed by atoms with Gasteiger partial charge in [0.15, 0.2) is 0 Å². The Kier molecular flexibility index (Phi) is 5.25. The molecule has 0 amide bonds. The molecule has 1 N–H and O–H groups in total. The summed E-state index contributed by atoms with van der Waals surface area (Å²) in [5.41, 5.74) is 1.30. The molecule has 1 atom stereocenters. The van der Waals surface area contributed by atoms with E-state index in [1.54, 1.807) is 18.0 Å². The molecular formula is C15H17ClN2S. The number of pyridine rings is 1. The van der Waals surface area contributed by atoms with Gasteiger partial charge < -0.3 is 5.32 Å². The molecule has 1 unspecified atom stereocenters. The maximum atomic E-state index is 5.86. The van der Waals surface area contributed by atoms with Crippen molar-refractivity contribution in [3.63, 3.8) is 0 Å². The van der Waals surface area contributed by atoms with Gasteiger partial charge in [-0.3, -0.25) is 0 Å². The first-order valence-corrected chi connectivity index (χ1v) is 7.52. The summed E-state index contributed by atoms with van der Waals surface area (Å²) in [5, 5.41) is 5.07. The van der Waals surface area contributed by atoms with E-state index in [2.05, 4.69) is 48.4 Å². The molecular weight excluding hydrogens is 276 g/mol. The molecule has 0 bridgehead atoms. The molecule has 100 valence electrons. The molecule has 0 spiro atoms. The van der Waals surface area contributed by atoms with Crippen LogP contribution in [0, 0.1) is 0 Å². The van der Waals surface area contributed by atoms with Crippen molar-refractivity contribution in [1.82, 2.24) is 10.3 Å². The van der Waals surface area contributed by atoms with Gasteiger partial charge in [0, 0.05) is 17.1 Å². The van der Waals surface area contributed by atoms with Gasteiger partial charge in [-0.25, -0.2) is 4.98 Å². The minimum absolute atomic E-state index is 0.334. The average molecular weight is 293 g/mol. The molecule has 2 aromatic rings.